The first-order valence-corrected chi connectivity index (χ1v) is 6.66. The molecule has 0 atom stereocenters. The van der Waals surface area contributed by atoms with Crippen LogP contribution in [-0.4, -0.2) is 8.07 Å². The zero-order valence-corrected chi connectivity index (χ0v) is 7.41. The van der Waals surface area contributed by atoms with Crippen molar-refractivity contribution < 1.29 is 0 Å². The molecule has 0 aromatic heterocycles. The molecule has 0 amide bonds. The molecule has 1 heteroatoms. The summed E-state index contributed by atoms with van der Waals surface area (Å²) in [5.41, 5.74) is 0. The van der Waals surface area contributed by atoms with Gasteiger partial charge in [-0.15, -0.1) is 0 Å². The second kappa shape index (κ2) is 1.38. The quantitative estimate of drug-likeness (QED) is 0.440. The molecule has 8 heavy (non-hydrogen) atoms. The topological polar surface area (TPSA) is 0 Å². The van der Waals surface area contributed by atoms with Crippen LogP contribution in [-0.2, 0) is 0 Å². The molecular weight excluding hydrogens is 112 g/mol. The second-order valence-corrected chi connectivity index (χ2v) is 9.89. The normalized spacial score (nSPS) is 31.5. The Morgan fingerprint density at radius 2 is 1.62 bits per heavy atom. The monoisotopic (exact) mass is 128 g/mol. The van der Waals surface area contributed by atoms with Gasteiger partial charge in [-0.3, -0.25) is 0 Å². The van der Waals surface area contributed by atoms with Gasteiger partial charge in [0.25, 0.3) is 0 Å². The van der Waals surface area contributed by atoms with E-state index >= 15 is 0 Å². The smallest absolute Gasteiger partial charge is 0.0530 e. The molecule has 0 radical (unpaired) electrons. The van der Waals surface area contributed by atoms with Crippen LogP contribution in [0, 0.1) is 0 Å². The van der Waals surface area contributed by atoms with E-state index in [0.717, 1.165) is 5.04 Å². The number of rotatable bonds is 0. The van der Waals surface area contributed by atoms with Crippen molar-refractivity contribution in [1.82, 2.24) is 0 Å². The van der Waals surface area contributed by atoms with Gasteiger partial charge in [0.2, 0.25) is 0 Å². The van der Waals surface area contributed by atoms with Gasteiger partial charge in [0, 0.05) is 0 Å². The Bertz CT molecular complexity index is 89.0. The van der Waals surface area contributed by atoms with Crippen LogP contribution in [0.4, 0.5) is 0 Å². The predicted octanol–water partition coefficient (Wildman–Crippen LogP) is 2.88. The molecule has 0 aliphatic carbocycles. The minimum Gasteiger partial charge on any atom is -0.0690 e. The Labute approximate surface area is 53.3 Å². The predicted molar refractivity (Wildman–Crippen MR) is 40.9 cm³/mol. The summed E-state index contributed by atoms with van der Waals surface area (Å²) in [4.78, 5) is 0. The van der Waals surface area contributed by atoms with Gasteiger partial charge in [-0.2, -0.15) is 0 Å². The Hall–Kier alpha value is 0.217. The first-order valence-electron chi connectivity index (χ1n) is 3.46. The fourth-order valence-electron chi connectivity index (χ4n) is 1.12. The lowest BCUT2D eigenvalue weighted by molar-refractivity contribution is 0.541. The van der Waals surface area contributed by atoms with E-state index in [2.05, 4.69) is 26.9 Å². The summed E-state index contributed by atoms with van der Waals surface area (Å²) >= 11 is 0. The van der Waals surface area contributed by atoms with Crippen molar-refractivity contribution in [3.63, 3.8) is 0 Å². The second-order valence-electron chi connectivity index (χ2n) is 4.27. The lowest BCUT2D eigenvalue weighted by atomic mass is 10.1. The van der Waals surface area contributed by atoms with Crippen LogP contribution in [0.15, 0.2) is 0 Å². The molecule has 0 aromatic carbocycles. The molecule has 0 nitrogen and oxygen atoms in total. The lowest BCUT2D eigenvalue weighted by Crippen LogP contribution is -2.47. The van der Waals surface area contributed by atoms with E-state index in [1.165, 1.54) is 6.42 Å². The summed E-state index contributed by atoms with van der Waals surface area (Å²) in [5.74, 6) is 0. The van der Waals surface area contributed by atoms with Crippen molar-refractivity contribution in [2.24, 2.45) is 0 Å². The van der Waals surface area contributed by atoms with Crippen molar-refractivity contribution in [1.29, 1.82) is 0 Å². The van der Waals surface area contributed by atoms with Crippen LogP contribution in [0.2, 0.25) is 24.2 Å². The Morgan fingerprint density at radius 1 is 1.25 bits per heavy atom. The van der Waals surface area contributed by atoms with Crippen LogP contribution < -0.4 is 0 Å². The van der Waals surface area contributed by atoms with Crippen LogP contribution in [0.3, 0.4) is 0 Å². The molecule has 1 rings (SSSR count). The summed E-state index contributed by atoms with van der Waals surface area (Å²) in [6, 6.07) is 1.56. The Morgan fingerprint density at radius 3 is 1.62 bits per heavy atom. The summed E-state index contributed by atoms with van der Waals surface area (Å²) in [6.45, 7) is 9.83. The van der Waals surface area contributed by atoms with Gasteiger partial charge < -0.3 is 0 Å². The number of hydrogen-bond donors (Lipinski definition) is 0. The van der Waals surface area contributed by atoms with E-state index in [1.54, 1.807) is 6.04 Å². The molecule has 1 aliphatic rings. The van der Waals surface area contributed by atoms with Gasteiger partial charge >= 0.3 is 0 Å². The third-order valence-corrected chi connectivity index (χ3v) is 8.62. The van der Waals surface area contributed by atoms with Crippen molar-refractivity contribution in [2.75, 3.05) is 0 Å². The first-order chi connectivity index (χ1) is 3.46. The highest BCUT2D eigenvalue weighted by Gasteiger charge is 2.46. The molecule has 0 N–H and O–H groups in total. The Balaban J connectivity index is 2.63. The molecule has 0 saturated carbocycles. The van der Waals surface area contributed by atoms with Gasteiger partial charge in [0.15, 0.2) is 0 Å². The van der Waals surface area contributed by atoms with E-state index < -0.39 is 8.07 Å². The van der Waals surface area contributed by atoms with Crippen molar-refractivity contribution in [3.05, 3.63) is 0 Å². The SMILES string of the molecule is CC1(C)CC[Si]1(C)C. The minimum absolute atomic E-state index is 0.678. The van der Waals surface area contributed by atoms with Gasteiger partial charge in [0.05, 0.1) is 8.07 Å². The highest BCUT2D eigenvalue weighted by atomic mass is 28.3. The highest BCUT2D eigenvalue weighted by molar-refractivity contribution is 6.82. The zero-order chi connectivity index (χ0) is 6.41. The molecule has 48 valence electrons. The lowest BCUT2D eigenvalue weighted by Gasteiger charge is -2.50. The summed E-state index contributed by atoms with van der Waals surface area (Å²) in [6.07, 6.45) is 1.48. The fraction of sp³-hybridized carbons (Fsp3) is 1.00. The largest absolute Gasteiger partial charge is 0.0690 e. The highest BCUT2D eigenvalue weighted by Crippen LogP contribution is 2.54. The zero-order valence-electron chi connectivity index (χ0n) is 6.41. The van der Waals surface area contributed by atoms with E-state index in [4.69, 9.17) is 0 Å². The van der Waals surface area contributed by atoms with Gasteiger partial charge in [-0.25, -0.2) is 0 Å². The van der Waals surface area contributed by atoms with E-state index in [9.17, 15) is 0 Å². The Kier molecular flexibility index (Phi) is 1.09. The van der Waals surface area contributed by atoms with Crippen LogP contribution in [0.5, 0.6) is 0 Å². The molecule has 0 aromatic rings. The van der Waals surface area contributed by atoms with Crippen LogP contribution in [0.25, 0.3) is 0 Å². The molecule has 0 spiro atoms. The molecule has 1 saturated heterocycles. The third kappa shape index (κ3) is 0.643. The standard InChI is InChI=1S/C7H16Si/c1-7(2)5-6-8(7,3)4/h5-6H2,1-4H3. The van der Waals surface area contributed by atoms with Crippen molar-refractivity contribution >= 4 is 8.07 Å². The molecule has 1 aliphatic heterocycles. The maximum Gasteiger partial charge on any atom is 0.0530 e. The molecule has 1 fully saturated rings. The average molecular weight is 128 g/mol. The summed E-state index contributed by atoms with van der Waals surface area (Å²) in [7, 11) is -0.678. The third-order valence-electron chi connectivity index (χ3n) is 3.21. The van der Waals surface area contributed by atoms with Crippen LogP contribution >= 0.6 is 0 Å². The van der Waals surface area contributed by atoms with Crippen molar-refractivity contribution in [3.8, 4) is 0 Å². The van der Waals surface area contributed by atoms with Gasteiger partial charge in [0.1, 0.15) is 0 Å². The fourth-order valence-corrected chi connectivity index (χ4v) is 3.37. The van der Waals surface area contributed by atoms with Gasteiger partial charge in [-0.1, -0.05) is 39.4 Å². The van der Waals surface area contributed by atoms with Gasteiger partial charge in [-0.05, 0) is 5.04 Å². The summed E-state index contributed by atoms with van der Waals surface area (Å²) in [5, 5.41) is 0.757. The summed E-state index contributed by atoms with van der Waals surface area (Å²) < 4.78 is 0. The molecule has 0 bridgehead atoms. The maximum atomic E-state index is 2.50. The first kappa shape index (κ1) is 6.34. The van der Waals surface area contributed by atoms with Crippen LogP contribution in [0.1, 0.15) is 20.3 Å². The number of hydrogen-bond acceptors (Lipinski definition) is 0. The maximum absolute atomic E-state index is 2.50. The minimum atomic E-state index is -0.678. The van der Waals surface area contributed by atoms with E-state index in [1.807, 2.05) is 0 Å². The molecule has 1 heterocycles. The average Bonchev–Trinajstić information content (AvgIpc) is 1.64. The van der Waals surface area contributed by atoms with Crippen molar-refractivity contribution in [2.45, 2.75) is 44.4 Å². The molecule has 0 unspecified atom stereocenters. The molecular formula is C7H16Si. The van der Waals surface area contributed by atoms with E-state index in [-0.39, 0.29) is 0 Å². The van der Waals surface area contributed by atoms with E-state index in [0.29, 0.717) is 0 Å².